The van der Waals surface area contributed by atoms with E-state index in [1.165, 1.54) is 23.5 Å². The van der Waals surface area contributed by atoms with E-state index in [9.17, 15) is 16.8 Å². The van der Waals surface area contributed by atoms with Crippen molar-refractivity contribution in [2.45, 2.75) is 44.2 Å². The van der Waals surface area contributed by atoms with E-state index >= 15 is 0 Å². The highest BCUT2D eigenvalue weighted by Gasteiger charge is 2.32. The molecule has 2 aliphatic rings. The number of aryl methyl sites for hydroxylation is 1. The Balaban J connectivity index is 1.58. The maximum atomic E-state index is 13.2. The van der Waals surface area contributed by atoms with Gasteiger partial charge in [-0.05, 0) is 32.4 Å². The molecule has 0 aliphatic carbocycles. The van der Waals surface area contributed by atoms with Crippen LogP contribution in [0.4, 0.5) is 0 Å². The van der Waals surface area contributed by atoms with E-state index in [1.807, 2.05) is 13.8 Å². The van der Waals surface area contributed by atoms with Crippen LogP contribution in [-0.2, 0) is 26.4 Å². The second kappa shape index (κ2) is 8.10. The van der Waals surface area contributed by atoms with Gasteiger partial charge in [0.25, 0.3) is 0 Å². The summed E-state index contributed by atoms with van der Waals surface area (Å²) in [6.45, 7) is 4.81. The molecule has 1 aromatic carbocycles. The van der Waals surface area contributed by atoms with Crippen molar-refractivity contribution in [3.8, 4) is 11.5 Å². The molecule has 2 aromatic rings. The number of rotatable bonds is 5. The predicted octanol–water partition coefficient (Wildman–Crippen LogP) is 1.84. The molecule has 0 saturated carbocycles. The highest BCUT2D eigenvalue weighted by Crippen LogP contribution is 2.33. The molecule has 1 fully saturated rings. The molecule has 4 rings (SSSR count). The average Bonchev–Trinajstić information content (AvgIpc) is 3.09. The Labute approximate surface area is 182 Å². The van der Waals surface area contributed by atoms with Gasteiger partial charge in [0, 0.05) is 37.3 Å². The summed E-state index contributed by atoms with van der Waals surface area (Å²) >= 11 is 0. The van der Waals surface area contributed by atoms with Crippen LogP contribution in [-0.4, -0.2) is 62.7 Å². The summed E-state index contributed by atoms with van der Waals surface area (Å²) in [6, 6.07) is 4.43. The van der Waals surface area contributed by atoms with Crippen molar-refractivity contribution in [3.05, 3.63) is 35.2 Å². The van der Waals surface area contributed by atoms with Crippen LogP contribution in [0.3, 0.4) is 0 Å². The third-order valence-corrected chi connectivity index (χ3v) is 9.39. The molecule has 9 nitrogen and oxygen atoms in total. The smallest absolute Gasteiger partial charge is 0.243 e. The van der Waals surface area contributed by atoms with Crippen molar-refractivity contribution in [2.24, 2.45) is 0 Å². The number of ether oxygens (including phenoxy) is 2. The van der Waals surface area contributed by atoms with Crippen molar-refractivity contribution < 1.29 is 26.3 Å². The quantitative estimate of drug-likeness (QED) is 0.657. The molecule has 0 unspecified atom stereocenters. The van der Waals surface area contributed by atoms with Gasteiger partial charge in [-0.15, -0.1) is 0 Å². The summed E-state index contributed by atoms with van der Waals surface area (Å²) < 4.78 is 64.3. The minimum absolute atomic E-state index is 0.0692. The molecule has 170 valence electrons. The van der Waals surface area contributed by atoms with Gasteiger partial charge in [-0.1, -0.05) is 0 Å². The molecule has 11 heteroatoms. The molecule has 0 spiro atoms. The summed E-state index contributed by atoms with van der Waals surface area (Å²) in [5, 5.41) is 4.53. The predicted molar refractivity (Wildman–Crippen MR) is 115 cm³/mol. The number of nitrogens with zero attached hydrogens (tertiary/aromatic N) is 3. The zero-order valence-electron chi connectivity index (χ0n) is 17.9. The Morgan fingerprint density at radius 3 is 2.58 bits per heavy atom. The molecule has 31 heavy (non-hydrogen) atoms. The van der Waals surface area contributed by atoms with Crippen LogP contribution in [0.2, 0.25) is 0 Å². The number of hydrogen-bond donors (Lipinski definition) is 0. The maximum Gasteiger partial charge on any atom is 0.243 e. The van der Waals surface area contributed by atoms with Crippen molar-refractivity contribution in [1.29, 1.82) is 0 Å². The summed E-state index contributed by atoms with van der Waals surface area (Å²) in [4.78, 5) is 0.129. The lowest BCUT2D eigenvalue weighted by atomic mass is 10.2. The molecule has 0 bridgehead atoms. The number of sulfonamides is 1. The molecule has 0 amide bonds. The second-order valence-corrected chi connectivity index (χ2v) is 12.3. The first kappa shape index (κ1) is 22.1. The van der Waals surface area contributed by atoms with E-state index < -0.39 is 19.9 Å². The summed E-state index contributed by atoms with van der Waals surface area (Å²) in [5.74, 6) is 1.19. The fraction of sp³-hybridized carbons (Fsp3) is 0.550. The van der Waals surface area contributed by atoms with Crippen molar-refractivity contribution >= 4 is 19.9 Å². The Morgan fingerprint density at radius 2 is 1.90 bits per heavy atom. The van der Waals surface area contributed by atoms with Crippen LogP contribution in [0.25, 0.3) is 0 Å². The Bertz CT molecular complexity index is 1200. The topological polar surface area (TPSA) is 108 Å². The first-order valence-electron chi connectivity index (χ1n) is 10.2. The zero-order valence-corrected chi connectivity index (χ0v) is 19.5. The van der Waals surface area contributed by atoms with E-state index in [1.54, 1.807) is 10.7 Å². The van der Waals surface area contributed by atoms with Gasteiger partial charge in [-0.25, -0.2) is 16.8 Å². The lowest BCUT2D eigenvalue weighted by Gasteiger charge is -2.19. The van der Waals surface area contributed by atoms with Gasteiger partial charge in [0.05, 0.1) is 41.4 Å². The third kappa shape index (κ3) is 4.31. The van der Waals surface area contributed by atoms with Gasteiger partial charge in [0.15, 0.2) is 21.3 Å². The van der Waals surface area contributed by atoms with Crippen molar-refractivity contribution in [3.63, 3.8) is 0 Å². The molecule has 1 atom stereocenters. The third-order valence-electron chi connectivity index (χ3n) is 5.84. The van der Waals surface area contributed by atoms with Gasteiger partial charge in [-0.2, -0.15) is 9.40 Å². The first-order valence-corrected chi connectivity index (χ1v) is 13.5. The van der Waals surface area contributed by atoms with Crippen LogP contribution in [0.15, 0.2) is 23.1 Å². The van der Waals surface area contributed by atoms with Crippen LogP contribution in [0, 0.1) is 13.8 Å². The number of benzene rings is 1. The zero-order chi connectivity index (χ0) is 22.4. The summed E-state index contributed by atoms with van der Waals surface area (Å²) in [7, 11) is -5.30. The monoisotopic (exact) mass is 469 g/mol. The number of sulfone groups is 1. The average molecular weight is 470 g/mol. The Morgan fingerprint density at radius 1 is 1.19 bits per heavy atom. The highest BCUT2D eigenvalue weighted by atomic mass is 32.2. The first-order chi connectivity index (χ1) is 14.6. The van der Waals surface area contributed by atoms with Crippen LogP contribution < -0.4 is 9.47 Å². The summed E-state index contributed by atoms with van der Waals surface area (Å²) in [5.41, 5.74) is 2.27. The molecule has 0 N–H and O–H groups in total. The fourth-order valence-corrected chi connectivity index (χ4v) is 6.89. The molecule has 1 aromatic heterocycles. The number of fused-ring (bicyclic) bond motifs is 1. The van der Waals surface area contributed by atoms with E-state index in [4.69, 9.17) is 9.47 Å². The SMILES string of the molecule is Cc1nn([C@@H]2CCS(=O)(=O)C2)c(C)c1CN(C)S(=O)(=O)c1ccc2c(c1)OCCCO2. The molecule has 1 saturated heterocycles. The molecule has 0 radical (unpaired) electrons. The Hall–Kier alpha value is -2.11. The van der Waals surface area contributed by atoms with Crippen molar-refractivity contribution in [1.82, 2.24) is 14.1 Å². The van der Waals surface area contributed by atoms with Crippen molar-refractivity contribution in [2.75, 3.05) is 31.8 Å². The van der Waals surface area contributed by atoms with Crippen LogP contribution >= 0.6 is 0 Å². The van der Waals surface area contributed by atoms with E-state index in [0.29, 0.717) is 36.8 Å². The van der Waals surface area contributed by atoms with E-state index in [-0.39, 0.29) is 29.0 Å². The van der Waals surface area contributed by atoms with E-state index in [2.05, 4.69) is 5.10 Å². The van der Waals surface area contributed by atoms with Crippen LogP contribution in [0.1, 0.15) is 35.8 Å². The number of aromatic nitrogens is 2. The minimum Gasteiger partial charge on any atom is -0.490 e. The highest BCUT2D eigenvalue weighted by molar-refractivity contribution is 7.91. The maximum absolute atomic E-state index is 13.2. The van der Waals surface area contributed by atoms with E-state index in [0.717, 1.165) is 17.7 Å². The normalized spacial score (nSPS) is 20.7. The molecular weight excluding hydrogens is 442 g/mol. The van der Waals surface area contributed by atoms with Crippen LogP contribution in [0.5, 0.6) is 11.5 Å². The van der Waals surface area contributed by atoms with Gasteiger partial charge in [-0.3, -0.25) is 4.68 Å². The molecule has 2 aliphatic heterocycles. The lowest BCUT2D eigenvalue weighted by molar-refractivity contribution is 0.297. The van der Waals surface area contributed by atoms with Gasteiger partial charge >= 0.3 is 0 Å². The largest absolute Gasteiger partial charge is 0.490 e. The minimum atomic E-state index is -3.78. The molecular formula is C20H27N3O6S2. The lowest BCUT2D eigenvalue weighted by Crippen LogP contribution is -2.27. The fourth-order valence-electron chi connectivity index (χ4n) is 4.04. The summed E-state index contributed by atoms with van der Waals surface area (Å²) in [6.07, 6.45) is 1.26. The van der Waals surface area contributed by atoms with Gasteiger partial charge < -0.3 is 9.47 Å². The van der Waals surface area contributed by atoms with Gasteiger partial charge in [0.1, 0.15) is 0 Å². The van der Waals surface area contributed by atoms with Gasteiger partial charge in [0.2, 0.25) is 10.0 Å². The number of hydrogen-bond acceptors (Lipinski definition) is 7. The molecule has 3 heterocycles. The Kier molecular flexibility index (Phi) is 5.78. The standard InChI is InChI=1S/C20H27N3O6S2/c1-14-18(15(2)23(21-14)16-7-10-30(24,25)13-16)12-22(3)31(26,27)17-5-6-19-20(11-17)29-9-4-8-28-19/h5-6,11,16H,4,7-10,12-13H2,1-3H3/t16-/m1/s1. The second-order valence-electron chi connectivity index (χ2n) is 8.07.